The Morgan fingerprint density at radius 2 is 1.79 bits per heavy atom. The van der Waals surface area contributed by atoms with Crippen LogP contribution < -0.4 is 11.2 Å². The summed E-state index contributed by atoms with van der Waals surface area (Å²) in [6.07, 6.45) is 1.24. The van der Waals surface area contributed by atoms with Gasteiger partial charge >= 0.3 is 5.69 Å². The molecular formula is C13H13N3O3. The second-order valence-electron chi connectivity index (χ2n) is 4.17. The molecule has 0 aliphatic carbocycles. The number of benzene rings is 1. The van der Waals surface area contributed by atoms with Crippen molar-refractivity contribution in [1.82, 2.24) is 9.97 Å². The topological polar surface area (TPSA) is 98.3 Å². The van der Waals surface area contributed by atoms with Crippen LogP contribution in [0.1, 0.15) is 16.7 Å². The second-order valence-corrected chi connectivity index (χ2v) is 4.17. The SMILES string of the molecule is Cc1cccc(C)c1N=Cc1c(O)[nH]c(=O)[nH]c1=O. The number of rotatable bonds is 2. The number of hydrogen-bond donors (Lipinski definition) is 3. The molecule has 0 spiro atoms. The number of para-hydroxylation sites is 1. The Labute approximate surface area is 108 Å². The van der Waals surface area contributed by atoms with Crippen LogP contribution in [0.5, 0.6) is 5.88 Å². The Hall–Kier alpha value is -2.63. The third-order valence-corrected chi connectivity index (χ3v) is 2.72. The Morgan fingerprint density at radius 1 is 1.16 bits per heavy atom. The minimum absolute atomic E-state index is 0.0812. The lowest BCUT2D eigenvalue weighted by Gasteiger charge is -2.03. The standard InChI is InChI=1S/C13H13N3O3/c1-7-4-3-5-8(2)10(7)14-6-9-11(17)15-13(19)16-12(9)18/h3-6H,1-2H3,(H3,15,16,17,18,19). The molecule has 98 valence electrons. The zero-order valence-electron chi connectivity index (χ0n) is 10.5. The van der Waals surface area contributed by atoms with E-state index in [-0.39, 0.29) is 5.56 Å². The van der Waals surface area contributed by atoms with Gasteiger partial charge in [-0.2, -0.15) is 0 Å². The molecule has 3 N–H and O–H groups in total. The molecule has 0 radical (unpaired) electrons. The average molecular weight is 259 g/mol. The van der Waals surface area contributed by atoms with Crippen LogP contribution in [-0.4, -0.2) is 21.3 Å². The van der Waals surface area contributed by atoms with Gasteiger partial charge in [0.25, 0.3) is 5.56 Å². The average Bonchev–Trinajstić information content (AvgIpc) is 2.31. The quantitative estimate of drug-likeness (QED) is 0.705. The molecule has 0 aliphatic heterocycles. The highest BCUT2D eigenvalue weighted by Crippen LogP contribution is 2.22. The maximum atomic E-state index is 11.5. The van der Waals surface area contributed by atoms with Crippen LogP contribution in [0.25, 0.3) is 0 Å². The fourth-order valence-electron chi connectivity index (χ4n) is 1.74. The highest BCUT2D eigenvalue weighted by atomic mass is 16.3. The van der Waals surface area contributed by atoms with Crippen molar-refractivity contribution in [3.63, 3.8) is 0 Å². The molecule has 1 aromatic carbocycles. The van der Waals surface area contributed by atoms with Crippen LogP contribution in [0.4, 0.5) is 5.69 Å². The minimum atomic E-state index is -0.758. The predicted octanol–water partition coefficient (Wildman–Crippen LogP) is 1.14. The highest BCUT2D eigenvalue weighted by Gasteiger charge is 2.06. The summed E-state index contributed by atoms with van der Waals surface area (Å²) in [5, 5.41) is 9.52. The summed E-state index contributed by atoms with van der Waals surface area (Å²) in [6.45, 7) is 3.80. The van der Waals surface area contributed by atoms with Gasteiger partial charge in [-0.1, -0.05) is 18.2 Å². The first-order valence-corrected chi connectivity index (χ1v) is 5.65. The molecule has 0 atom stereocenters. The van der Waals surface area contributed by atoms with E-state index in [9.17, 15) is 14.7 Å². The van der Waals surface area contributed by atoms with Gasteiger partial charge in [0.05, 0.1) is 5.69 Å². The van der Waals surface area contributed by atoms with Crippen LogP contribution >= 0.6 is 0 Å². The third kappa shape index (κ3) is 2.62. The molecule has 0 unspecified atom stereocenters. The summed E-state index contributed by atoms with van der Waals surface area (Å²) in [6, 6.07) is 5.71. The summed E-state index contributed by atoms with van der Waals surface area (Å²) >= 11 is 0. The maximum absolute atomic E-state index is 11.5. The molecule has 2 aromatic rings. The molecule has 0 aliphatic rings. The fraction of sp³-hybridized carbons (Fsp3) is 0.154. The van der Waals surface area contributed by atoms with Crippen molar-refractivity contribution in [2.24, 2.45) is 4.99 Å². The number of aromatic amines is 2. The number of hydrogen-bond acceptors (Lipinski definition) is 4. The van der Waals surface area contributed by atoms with Crippen LogP contribution in [0.3, 0.4) is 0 Å². The van der Waals surface area contributed by atoms with E-state index in [1.165, 1.54) is 6.21 Å². The Morgan fingerprint density at radius 3 is 2.37 bits per heavy atom. The van der Waals surface area contributed by atoms with Crippen LogP contribution in [0.15, 0.2) is 32.8 Å². The van der Waals surface area contributed by atoms with Gasteiger partial charge in [0.1, 0.15) is 5.56 Å². The molecule has 0 fully saturated rings. The Balaban J connectivity index is 2.50. The van der Waals surface area contributed by atoms with Gasteiger partial charge < -0.3 is 5.11 Å². The van der Waals surface area contributed by atoms with E-state index in [1.807, 2.05) is 37.0 Å². The molecule has 0 saturated heterocycles. The summed E-state index contributed by atoms with van der Waals surface area (Å²) in [7, 11) is 0. The zero-order chi connectivity index (χ0) is 14.0. The molecule has 1 heterocycles. The first-order chi connectivity index (χ1) is 8.99. The van der Waals surface area contributed by atoms with E-state index in [0.29, 0.717) is 0 Å². The molecule has 1 aromatic heterocycles. The lowest BCUT2D eigenvalue weighted by molar-refractivity contribution is 0.447. The number of nitrogens with one attached hydrogen (secondary N) is 2. The molecule has 19 heavy (non-hydrogen) atoms. The van der Waals surface area contributed by atoms with Gasteiger partial charge in [-0.25, -0.2) is 4.79 Å². The summed E-state index contributed by atoms with van der Waals surface area (Å²) in [5.41, 5.74) is 1.12. The van der Waals surface area contributed by atoms with E-state index < -0.39 is 17.1 Å². The fourth-order valence-corrected chi connectivity index (χ4v) is 1.74. The molecular weight excluding hydrogens is 246 g/mol. The van der Waals surface area contributed by atoms with Crippen molar-refractivity contribution in [1.29, 1.82) is 0 Å². The van der Waals surface area contributed by atoms with Crippen molar-refractivity contribution in [2.75, 3.05) is 0 Å². The van der Waals surface area contributed by atoms with E-state index >= 15 is 0 Å². The van der Waals surface area contributed by atoms with Crippen molar-refractivity contribution in [3.8, 4) is 5.88 Å². The van der Waals surface area contributed by atoms with Crippen molar-refractivity contribution in [2.45, 2.75) is 13.8 Å². The number of aryl methyl sites for hydroxylation is 2. The number of aromatic nitrogens is 2. The number of nitrogens with zero attached hydrogens (tertiary/aromatic N) is 1. The van der Waals surface area contributed by atoms with E-state index in [4.69, 9.17) is 0 Å². The van der Waals surface area contributed by atoms with E-state index in [1.54, 1.807) is 0 Å². The van der Waals surface area contributed by atoms with E-state index in [2.05, 4.69) is 9.98 Å². The van der Waals surface area contributed by atoms with Crippen molar-refractivity contribution >= 4 is 11.9 Å². The van der Waals surface area contributed by atoms with Gasteiger partial charge in [0.2, 0.25) is 5.88 Å². The predicted molar refractivity (Wildman–Crippen MR) is 72.5 cm³/mol. The maximum Gasteiger partial charge on any atom is 0.328 e. The van der Waals surface area contributed by atoms with E-state index in [0.717, 1.165) is 16.8 Å². The minimum Gasteiger partial charge on any atom is -0.494 e. The number of aromatic hydroxyl groups is 1. The van der Waals surface area contributed by atoms with Crippen molar-refractivity contribution in [3.05, 3.63) is 55.7 Å². The van der Waals surface area contributed by atoms with Gasteiger partial charge in [-0.15, -0.1) is 0 Å². The Bertz CT molecular complexity index is 736. The van der Waals surface area contributed by atoms with Crippen LogP contribution in [-0.2, 0) is 0 Å². The summed E-state index contributed by atoms with van der Waals surface area (Å²) in [5.74, 6) is -0.497. The zero-order valence-corrected chi connectivity index (χ0v) is 10.5. The number of H-pyrrole nitrogens is 2. The second kappa shape index (κ2) is 4.93. The monoisotopic (exact) mass is 259 g/mol. The lowest BCUT2D eigenvalue weighted by atomic mass is 10.1. The Kier molecular flexibility index (Phi) is 3.33. The third-order valence-electron chi connectivity index (χ3n) is 2.72. The largest absolute Gasteiger partial charge is 0.494 e. The first-order valence-electron chi connectivity index (χ1n) is 5.65. The highest BCUT2D eigenvalue weighted by molar-refractivity contribution is 5.84. The first kappa shape index (κ1) is 12.8. The molecule has 6 nitrogen and oxygen atoms in total. The smallest absolute Gasteiger partial charge is 0.328 e. The normalized spacial score (nSPS) is 11.1. The lowest BCUT2D eigenvalue weighted by Crippen LogP contribution is -2.24. The molecule has 0 amide bonds. The van der Waals surface area contributed by atoms with Gasteiger partial charge in [-0.05, 0) is 25.0 Å². The van der Waals surface area contributed by atoms with Crippen molar-refractivity contribution < 1.29 is 5.11 Å². The van der Waals surface area contributed by atoms with Crippen LogP contribution in [0, 0.1) is 13.8 Å². The van der Waals surface area contributed by atoms with Gasteiger partial charge in [0.15, 0.2) is 0 Å². The molecule has 0 saturated carbocycles. The summed E-state index contributed by atoms with van der Waals surface area (Å²) < 4.78 is 0. The molecule has 6 heteroatoms. The number of aliphatic imine (C=N–C) groups is 1. The molecule has 2 rings (SSSR count). The van der Waals surface area contributed by atoms with Crippen LogP contribution in [0.2, 0.25) is 0 Å². The van der Waals surface area contributed by atoms with Gasteiger partial charge in [-0.3, -0.25) is 19.8 Å². The summed E-state index contributed by atoms with van der Waals surface area (Å²) in [4.78, 5) is 30.8. The van der Waals surface area contributed by atoms with Gasteiger partial charge in [0, 0.05) is 6.21 Å². The molecule has 0 bridgehead atoms.